The van der Waals surface area contributed by atoms with Crippen LogP contribution in [-0.4, -0.2) is 53.7 Å². The molecule has 0 N–H and O–H groups in total. The van der Waals surface area contributed by atoms with Crippen LogP contribution in [0, 0.1) is 23.4 Å². The molecule has 0 unspecified atom stereocenters. The van der Waals surface area contributed by atoms with Crippen LogP contribution in [-0.2, 0) is 0 Å². The fraction of sp³-hybridized carbons (Fsp3) is 0.444. The van der Waals surface area contributed by atoms with Gasteiger partial charge in [0, 0.05) is 56.3 Å². The summed E-state index contributed by atoms with van der Waals surface area (Å²) >= 11 is 0. The van der Waals surface area contributed by atoms with E-state index in [0.29, 0.717) is 24.5 Å². The second kappa shape index (κ2) is 7.11. The van der Waals surface area contributed by atoms with Crippen molar-refractivity contribution in [3.8, 4) is 5.75 Å². The molecular formula is C18H19F3N4O. The molecule has 2 aliphatic rings. The van der Waals surface area contributed by atoms with E-state index in [1.807, 2.05) is 0 Å². The second-order valence-electron chi connectivity index (χ2n) is 6.81. The van der Waals surface area contributed by atoms with Gasteiger partial charge < -0.3 is 9.64 Å². The Balaban J connectivity index is 1.33. The smallest absolute Gasteiger partial charge is 0.225 e. The van der Waals surface area contributed by atoms with Crippen LogP contribution in [0.2, 0.25) is 0 Å². The molecule has 0 amide bonds. The fourth-order valence-corrected chi connectivity index (χ4v) is 3.74. The summed E-state index contributed by atoms with van der Waals surface area (Å²) in [4.78, 5) is 12.6. The molecule has 2 saturated heterocycles. The lowest BCUT2D eigenvalue weighted by atomic mass is 10.1. The molecule has 0 radical (unpaired) electrons. The molecule has 1 aromatic carbocycles. The normalized spacial score (nSPS) is 23.1. The highest BCUT2D eigenvalue weighted by Gasteiger charge is 2.37. The van der Waals surface area contributed by atoms with Crippen LogP contribution in [0.5, 0.6) is 5.75 Å². The number of piperazine rings is 1. The van der Waals surface area contributed by atoms with Crippen molar-refractivity contribution >= 4 is 5.95 Å². The van der Waals surface area contributed by atoms with Gasteiger partial charge in [-0.25, -0.2) is 23.1 Å². The fourth-order valence-electron chi connectivity index (χ4n) is 3.74. The molecule has 3 heterocycles. The first-order valence-corrected chi connectivity index (χ1v) is 8.62. The number of anilines is 1. The minimum atomic E-state index is -0.640. The van der Waals surface area contributed by atoms with Gasteiger partial charge in [-0.1, -0.05) is 0 Å². The Hall–Kier alpha value is -2.35. The van der Waals surface area contributed by atoms with Gasteiger partial charge in [-0.3, -0.25) is 4.90 Å². The van der Waals surface area contributed by atoms with Crippen molar-refractivity contribution in [1.29, 1.82) is 0 Å². The maximum atomic E-state index is 13.2. The summed E-state index contributed by atoms with van der Waals surface area (Å²) in [5.74, 6) is -0.674. The number of nitrogens with zero attached hydrogens (tertiary/aromatic N) is 4. The number of halogens is 3. The molecule has 2 aliphatic heterocycles. The van der Waals surface area contributed by atoms with Crippen LogP contribution in [0.4, 0.5) is 19.1 Å². The number of rotatable bonds is 4. The SMILES string of the molecule is Fc1cnc(N2CCN3C[C@@H](COc4cc(F)cc(F)c4)C[C@H]3C2)nc1. The lowest BCUT2D eigenvalue weighted by Gasteiger charge is -2.37. The zero-order valence-electron chi connectivity index (χ0n) is 14.1. The van der Waals surface area contributed by atoms with E-state index in [4.69, 9.17) is 4.74 Å². The monoisotopic (exact) mass is 364 g/mol. The maximum absolute atomic E-state index is 13.2. The van der Waals surface area contributed by atoms with Crippen LogP contribution >= 0.6 is 0 Å². The van der Waals surface area contributed by atoms with Crippen molar-refractivity contribution in [2.24, 2.45) is 5.92 Å². The van der Waals surface area contributed by atoms with Crippen molar-refractivity contribution in [3.05, 3.63) is 48.0 Å². The van der Waals surface area contributed by atoms with E-state index in [2.05, 4.69) is 19.8 Å². The third kappa shape index (κ3) is 3.75. The molecule has 8 heteroatoms. The minimum absolute atomic E-state index is 0.216. The van der Waals surface area contributed by atoms with E-state index in [1.54, 1.807) is 0 Å². The van der Waals surface area contributed by atoms with E-state index >= 15 is 0 Å². The van der Waals surface area contributed by atoms with Crippen molar-refractivity contribution in [3.63, 3.8) is 0 Å². The Kier molecular flexibility index (Phi) is 4.67. The highest BCUT2D eigenvalue weighted by atomic mass is 19.1. The quantitative estimate of drug-likeness (QED) is 0.834. The van der Waals surface area contributed by atoms with Gasteiger partial charge in [0.15, 0.2) is 5.82 Å². The van der Waals surface area contributed by atoms with Gasteiger partial charge in [0.25, 0.3) is 0 Å². The van der Waals surface area contributed by atoms with E-state index in [0.717, 1.165) is 38.7 Å². The van der Waals surface area contributed by atoms with Crippen LogP contribution in [0.3, 0.4) is 0 Å². The summed E-state index contributed by atoms with van der Waals surface area (Å²) < 4.78 is 45.0. The van der Waals surface area contributed by atoms with Crippen LogP contribution in [0.25, 0.3) is 0 Å². The van der Waals surface area contributed by atoms with Gasteiger partial charge in [-0.05, 0) is 6.42 Å². The number of fused-ring (bicyclic) bond motifs is 1. The molecule has 2 aromatic rings. The van der Waals surface area contributed by atoms with Crippen molar-refractivity contribution in [2.75, 3.05) is 37.7 Å². The number of benzene rings is 1. The molecule has 138 valence electrons. The van der Waals surface area contributed by atoms with E-state index in [1.165, 1.54) is 24.5 Å². The second-order valence-corrected chi connectivity index (χ2v) is 6.81. The Morgan fingerprint density at radius 3 is 2.42 bits per heavy atom. The van der Waals surface area contributed by atoms with Crippen molar-refractivity contribution < 1.29 is 17.9 Å². The Labute approximate surface area is 149 Å². The van der Waals surface area contributed by atoms with Gasteiger partial charge in [0.1, 0.15) is 17.4 Å². The number of hydrogen-bond acceptors (Lipinski definition) is 5. The first kappa shape index (κ1) is 17.1. The zero-order valence-corrected chi connectivity index (χ0v) is 14.1. The summed E-state index contributed by atoms with van der Waals surface area (Å²) in [6.07, 6.45) is 3.28. The Bertz CT molecular complexity index is 753. The maximum Gasteiger partial charge on any atom is 0.225 e. The standard InChI is InChI=1S/C18H19F3N4O/c19-13-4-14(20)6-17(5-13)26-11-12-3-16-10-25(2-1-24(16)9-12)18-22-7-15(21)8-23-18/h4-8,12,16H,1-3,9-11H2/t12-,16-/m0/s1. The highest BCUT2D eigenvalue weighted by Crippen LogP contribution is 2.28. The third-order valence-electron chi connectivity index (χ3n) is 4.91. The Morgan fingerprint density at radius 1 is 0.962 bits per heavy atom. The molecule has 0 saturated carbocycles. The first-order valence-electron chi connectivity index (χ1n) is 8.62. The largest absolute Gasteiger partial charge is 0.493 e. The summed E-state index contributed by atoms with van der Waals surface area (Å²) in [6, 6.07) is 3.56. The molecule has 0 bridgehead atoms. The third-order valence-corrected chi connectivity index (χ3v) is 4.91. The van der Waals surface area contributed by atoms with Crippen LogP contribution < -0.4 is 9.64 Å². The van der Waals surface area contributed by atoms with Gasteiger partial charge in [0.2, 0.25) is 5.95 Å². The van der Waals surface area contributed by atoms with E-state index < -0.39 is 17.5 Å². The van der Waals surface area contributed by atoms with Crippen LogP contribution in [0.15, 0.2) is 30.6 Å². The van der Waals surface area contributed by atoms with Crippen molar-refractivity contribution in [1.82, 2.24) is 14.9 Å². The van der Waals surface area contributed by atoms with Gasteiger partial charge in [0.05, 0.1) is 19.0 Å². The van der Waals surface area contributed by atoms with Gasteiger partial charge in [-0.15, -0.1) is 0 Å². The van der Waals surface area contributed by atoms with Gasteiger partial charge >= 0.3 is 0 Å². The number of hydrogen-bond donors (Lipinski definition) is 0. The average Bonchev–Trinajstić information content (AvgIpc) is 3.02. The van der Waals surface area contributed by atoms with E-state index in [9.17, 15) is 13.2 Å². The van der Waals surface area contributed by atoms with Crippen LogP contribution in [0.1, 0.15) is 6.42 Å². The zero-order chi connectivity index (χ0) is 18.1. The molecule has 2 atom stereocenters. The number of aromatic nitrogens is 2. The molecule has 4 rings (SSSR count). The first-order chi connectivity index (χ1) is 12.6. The summed E-state index contributed by atoms with van der Waals surface area (Å²) in [5, 5.41) is 0. The molecule has 1 aromatic heterocycles. The highest BCUT2D eigenvalue weighted by molar-refractivity contribution is 5.30. The molecule has 0 aliphatic carbocycles. The minimum Gasteiger partial charge on any atom is -0.493 e. The summed E-state index contributed by atoms with van der Waals surface area (Å²) in [7, 11) is 0. The predicted octanol–water partition coefficient (Wildman–Crippen LogP) is 2.48. The molecule has 5 nitrogen and oxygen atoms in total. The van der Waals surface area contributed by atoms with Gasteiger partial charge in [-0.2, -0.15) is 0 Å². The lowest BCUT2D eigenvalue weighted by Crippen LogP contribution is -2.50. The molecular weight excluding hydrogens is 345 g/mol. The lowest BCUT2D eigenvalue weighted by molar-refractivity contribution is 0.216. The predicted molar refractivity (Wildman–Crippen MR) is 89.5 cm³/mol. The topological polar surface area (TPSA) is 41.5 Å². The van der Waals surface area contributed by atoms with Crippen molar-refractivity contribution in [2.45, 2.75) is 12.5 Å². The van der Waals surface area contributed by atoms with E-state index in [-0.39, 0.29) is 5.75 Å². The number of ether oxygens (including phenoxy) is 1. The summed E-state index contributed by atoms with van der Waals surface area (Å²) in [5.41, 5.74) is 0. The Morgan fingerprint density at radius 2 is 1.69 bits per heavy atom. The average molecular weight is 364 g/mol. The molecule has 26 heavy (non-hydrogen) atoms. The molecule has 0 spiro atoms. The molecule has 2 fully saturated rings. The summed E-state index contributed by atoms with van der Waals surface area (Å²) in [6.45, 7) is 3.74.